The molecule has 19 heavy (non-hydrogen) atoms. The molecule has 0 bridgehead atoms. The van der Waals surface area contributed by atoms with Crippen LogP contribution in [0.1, 0.15) is 42.5 Å². The zero-order valence-corrected chi connectivity index (χ0v) is 10.9. The molecular weight excluding hydrogens is 244 g/mol. The number of anilines is 1. The number of hydrogen-bond donors (Lipinski definition) is 4. The van der Waals surface area contributed by atoms with Gasteiger partial charge in [0, 0.05) is 0 Å². The molecule has 5 heteroatoms. The maximum Gasteiger partial charge on any atom is 0.255 e. The summed E-state index contributed by atoms with van der Waals surface area (Å²) in [6.45, 7) is -0.0815. The lowest BCUT2D eigenvalue weighted by atomic mass is 9.82. The number of amides is 1. The van der Waals surface area contributed by atoms with Crippen LogP contribution in [0.2, 0.25) is 0 Å². The van der Waals surface area contributed by atoms with Crippen LogP contribution < -0.4 is 11.1 Å². The van der Waals surface area contributed by atoms with Crippen molar-refractivity contribution < 1.29 is 15.0 Å². The monoisotopic (exact) mass is 264 g/mol. The third kappa shape index (κ3) is 2.81. The number of rotatable bonds is 3. The van der Waals surface area contributed by atoms with Crippen LogP contribution in [0, 0.1) is 0 Å². The minimum atomic E-state index is -0.563. The van der Waals surface area contributed by atoms with Gasteiger partial charge in [-0.15, -0.1) is 0 Å². The molecule has 0 radical (unpaired) electrons. The normalized spacial score (nSPS) is 17.9. The van der Waals surface area contributed by atoms with Crippen molar-refractivity contribution in [3.63, 3.8) is 0 Å². The van der Waals surface area contributed by atoms with Gasteiger partial charge in [-0.25, -0.2) is 0 Å². The molecule has 0 unspecified atom stereocenters. The molecule has 0 aromatic heterocycles. The Morgan fingerprint density at radius 1 is 1.32 bits per heavy atom. The topological polar surface area (TPSA) is 95.6 Å². The van der Waals surface area contributed by atoms with E-state index in [1.807, 2.05) is 0 Å². The molecule has 5 nitrogen and oxygen atoms in total. The van der Waals surface area contributed by atoms with Gasteiger partial charge in [0.05, 0.1) is 23.4 Å². The average molecular weight is 264 g/mol. The molecule has 1 aromatic carbocycles. The first-order valence-electron chi connectivity index (χ1n) is 6.59. The number of nitrogens with one attached hydrogen (secondary N) is 1. The van der Waals surface area contributed by atoms with Crippen LogP contribution in [0.5, 0.6) is 5.75 Å². The standard InChI is InChI=1S/C14H20N2O3/c15-11-6-4-5-10(12(11)18)13(19)16-14(9-17)7-2-1-3-8-14/h4-6,17-18H,1-3,7-9,15H2,(H,16,19). The van der Waals surface area contributed by atoms with Crippen molar-refractivity contribution >= 4 is 11.6 Å². The van der Waals surface area contributed by atoms with Crippen LogP contribution in [0.3, 0.4) is 0 Å². The number of phenols is 1. The van der Waals surface area contributed by atoms with Gasteiger partial charge in [-0.1, -0.05) is 25.3 Å². The molecule has 1 amide bonds. The second-order valence-electron chi connectivity index (χ2n) is 5.20. The zero-order chi connectivity index (χ0) is 13.9. The van der Waals surface area contributed by atoms with Crippen LogP contribution >= 0.6 is 0 Å². The molecule has 0 aliphatic heterocycles. The largest absolute Gasteiger partial charge is 0.505 e. The first-order chi connectivity index (χ1) is 9.08. The first kappa shape index (κ1) is 13.7. The minimum absolute atomic E-state index is 0.0815. The van der Waals surface area contributed by atoms with E-state index in [9.17, 15) is 15.0 Å². The summed E-state index contributed by atoms with van der Waals surface area (Å²) >= 11 is 0. The van der Waals surface area contributed by atoms with Crippen LogP contribution in [0.4, 0.5) is 5.69 Å². The summed E-state index contributed by atoms with van der Waals surface area (Å²) in [6.07, 6.45) is 4.63. The van der Waals surface area contributed by atoms with Crippen molar-refractivity contribution in [2.24, 2.45) is 0 Å². The lowest BCUT2D eigenvalue weighted by Gasteiger charge is -2.36. The lowest BCUT2D eigenvalue weighted by molar-refractivity contribution is 0.0756. The summed E-state index contributed by atoms with van der Waals surface area (Å²) < 4.78 is 0. The summed E-state index contributed by atoms with van der Waals surface area (Å²) in [5.74, 6) is -0.593. The second kappa shape index (κ2) is 5.48. The van der Waals surface area contributed by atoms with E-state index < -0.39 is 5.54 Å². The molecule has 1 fully saturated rings. The van der Waals surface area contributed by atoms with E-state index in [1.54, 1.807) is 6.07 Å². The van der Waals surface area contributed by atoms with Gasteiger partial charge in [-0.05, 0) is 25.0 Å². The Labute approximate surface area is 112 Å². The number of para-hydroxylation sites is 1. The number of phenolic OH excluding ortho intramolecular Hbond substituents is 1. The Bertz CT molecular complexity index is 468. The van der Waals surface area contributed by atoms with Crippen molar-refractivity contribution in [3.05, 3.63) is 23.8 Å². The van der Waals surface area contributed by atoms with Crippen molar-refractivity contribution in [2.45, 2.75) is 37.6 Å². The molecule has 0 spiro atoms. The van der Waals surface area contributed by atoms with E-state index in [2.05, 4.69) is 5.32 Å². The van der Waals surface area contributed by atoms with Gasteiger partial charge >= 0.3 is 0 Å². The van der Waals surface area contributed by atoms with E-state index in [-0.39, 0.29) is 29.5 Å². The van der Waals surface area contributed by atoms with Crippen LogP contribution in [-0.2, 0) is 0 Å². The van der Waals surface area contributed by atoms with Gasteiger partial charge in [-0.2, -0.15) is 0 Å². The summed E-state index contributed by atoms with van der Waals surface area (Å²) in [4.78, 5) is 12.2. The maximum atomic E-state index is 12.2. The highest BCUT2D eigenvalue weighted by molar-refractivity contribution is 5.98. The van der Waals surface area contributed by atoms with Gasteiger partial charge in [0.1, 0.15) is 0 Å². The number of nitrogens with two attached hydrogens (primary N) is 1. The number of carbonyl (C=O) groups excluding carboxylic acids is 1. The molecule has 0 saturated heterocycles. The predicted octanol–water partition coefficient (Wildman–Crippen LogP) is 1.40. The van der Waals surface area contributed by atoms with E-state index in [1.165, 1.54) is 12.1 Å². The SMILES string of the molecule is Nc1cccc(C(=O)NC2(CO)CCCCC2)c1O. The smallest absolute Gasteiger partial charge is 0.255 e. The van der Waals surface area contributed by atoms with E-state index in [0.717, 1.165) is 32.1 Å². The van der Waals surface area contributed by atoms with Crippen LogP contribution in [0.25, 0.3) is 0 Å². The number of nitrogen functional groups attached to an aromatic ring is 1. The molecule has 1 aliphatic rings. The molecule has 1 aromatic rings. The number of aromatic hydroxyl groups is 1. The first-order valence-corrected chi connectivity index (χ1v) is 6.59. The quantitative estimate of drug-likeness (QED) is 0.490. The highest BCUT2D eigenvalue weighted by atomic mass is 16.3. The molecule has 1 aliphatic carbocycles. The summed E-state index contributed by atoms with van der Waals surface area (Å²) in [7, 11) is 0. The van der Waals surface area contributed by atoms with Gasteiger partial charge < -0.3 is 21.3 Å². The molecule has 2 rings (SSSR count). The second-order valence-corrected chi connectivity index (χ2v) is 5.20. The zero-order valence-electron chi connectivity index (χ0n) is 10.9. The maximum absolute atomic E-state index is 12.2. The third-order valence-electron chi connectivity index (χ3n) is 3.80. The Morgan fingerprint density at radius 3 is 2.63 bits per heavy atom. The molecule has 1 saturated carbocycles. The molecule has 0 atom stereocenters. The summed E-state index contributed by atoms with van der Waals surface area (Å²) in [6, 6.07) is 4.68. The van der Waals surface area contributed by atoms with Crippen molar-refractivity contribution in [3.8, 4) is 5.75 Å². The lowest BCUT2D eigenvalue weighted by Crippen LogP contribution is -2.52. The molecule has 5 N–H and O–H groups in total. The number of carbonyl (C=O) groups is 1. The highest BCUT2D eigenvalue weighted by Crippen LogP contribution is 2.30. The fourth-order valence-corrected chi connectivity index (χ4v) is 2.60. The Balaban J connectivity index is 2.17. The van der Waals surface area contributed by atoms with Crippen molar-refractivity contribution in [2.75, 3.05) is 12.3 Å². The molecule has 0 heterocycles. The van der Waals surface area contributed by atoms with Crippen LogP contribution in [-0.4, -0.2) is 28.3 Å². The fourth-order valence-electron chi connectivity index (χ4n) is 2.60. The van der Waals surface area contributed by atoms with Crippen LogP contribution in [0.15, 0.2) is 18.2 Å². The van der Waals surface area contributed by atoms with E-state index in [4.69, 9.17) is 5.73 Å². The Hall–Kier alpha value is -1.75. The van der Waals surface area contributed by atoms with Gasteiger partial charge in [-0.3, -0.25) is 4.79 Å². The highest BCUT2D eigenvalue weighted by Gasteiger charge is 2.33. The number of hydrogen-bond acceptors (Lipinski definition) is 4. The number of aliphatic hydroxyl groups excluding tert-OH is 1. The predicted molar refractivity (Wildman–Crippen MR) is 72.9 cm³/mol. The van der Waals surface area contributed by atoms with E-state index in [0.29, 0.717) is 0 Å². The number of benzene rings is 1. The average Bonchev–Trinajstić information content (AvgIpc) is 2.42. The van der Waals surface area contributed by atoms with Gasteiger partial charge in [0.15, 0.2) is 5.75 Å². The Kier molecular flexibility index (Phi) is 3.95. The Morgan fingerprint density at radius 2 is 2.00 bits per heavy atom. The van der Waals surface area contributed by atoms with Crippen molar-refractivity contribution in [1.29, 1.82) is 0 Å². The molecular formula is C14H20N2O3. The summed E-state index contributed by atoms with van der Waals surface area (Å²) in [5.41, 5.74) is 5.34. The van der Waals surface area contributed by atoms with Crippen molar-refractivity contribution in [1.82, 2.24) is 5.32 Å². The van der Waals surface area contributed by atoms with Gasteiger partial charge in [0.25, 0.3) is 5.91 Å². The minimum Gasteiger partial charge on any atom is -0.505 e. The third-order valence-corrected chi connectivity index (χ3v) is 3.80. The number of aliphatic hydroxyl groups is 1. The van der Waals surface area contributed by atoms with Gasteiger partial charge in [0.2, 0.25) is 0 Å². The summed E-state index contributed by atoms with van der Waals surface area (Å²) in [5, 5.41) is 22.2. The molecule has 104 valence electrons. The van der Waals surface area contributed by atoms with E-state index >= 15 is 0 Å². The fraction of sp³-hybridized carbons (Fsp3) is 0.500.